The van der Waals surface area contributed by atoms with Crippen LogP contribution in [-0.2, 0) is 14.4 Å². The number of hydrogen-bond acceptors (Lipinski definition) is 3. The lowest BCUT2D eigenvalue weighted by molar-refractivity contribution is -0.151. The van der Waals surface area contributed by atoms with Gasteiger partial charge in [0.2, 0.25) is 17.7 Å². The van der Waals surface area contributed by atoms with Crippen LogP contribution in [-0.4, -0.2) is 46.7 Å². The molecule has 0 aromatic carbocycles. The molecule has 0 unspecified atom stereocenters. The molecule has 0 N–H and O–H groups in total. The van der Waals surface area contributed by atoms with Gasteiger partial charge in [0.05, 0.1) is 11.8 Å². The first kappa shape index (κ1) is 17.2. The molecule has 2 fully saturated rings. The number of amides is 3. The quantitative estimate of drug-likeness (QED) is 0.553. The number of carbonyl (C=O) groups is 3. The lowest BCUT2D eigenvalue weighted by atomic mass is 9.63. The van der Waals surface area contributed by atoms with E-state index in [1.807, 2.05) is 13.8 Å². The standard InChI is InChI=1S/C19H28N2O3/c1-4-10-20(11-5-2)17(22)12(3)21-18(23)15-13-6-7-14(9-8-13)16(15)19(21)24/h6-7,12-16H,4-5,8-11H2,1-3H3/t12-,13+,14+,15-,16+/m1/s1. The predicted molar refractivity (Wildman–Crippen MR) is 90.8 cm³/mol. The molecular formula is C19H28N2O3. The van der Waals surface area contributed by atoms with Gasteiger partial charge in [0.15, 0.2) is 0 Å². The second-order valence-corrected chi connectivity index (χ2v) is 7.39. The van der Waals surface area contributed by atoms with Crippen LogP contribution in [0.5, 0.6) is 0 Å². The minimum atomic E-state index is -0.687. The average Bonchev–Trinajstić information content (AvgIpc) is 2.88. The van der Waals surface area contributed by atoms with Crippen LogP contribution in [0.15, 0.2) is 12.2 Å². The predicted octanol–water partition coefficient (Wildman–Crippen LogP) is 2.22. The highest BCUT2D eigenvalue weighted by molar-refractivity contribution is 6.09. The van der Waals surface area contributed by atoms with E-state index in [2.05, 4.69) is 12.2 Å². The first-order valence-electron chi connectivity index (χ1n) is 9.35. The summed E-state index contributed by atoms with van der Waals surface area (Å²) in [6.45, 7) is 7.12. The lowest BCUT2D eigenvalue weighted by Gasteiger charge is -2.38. The highest BCUT2D eigenvalue weighted by atomic mass is 16.2. The number of likely N-dealkylation sites (tertiary alicyclic amines) is 1. The van der Waals surface area contributed by atoms with Crippen LogP contribution >= 0.6 is 0 Å². The Kier molecular flexibility index (Phi) is 4.79. The molecule has 3 aliphatic carbocycles. The molecule has 2 bridgehead atoms. The van der Waals surface area contributed by atoms with E-state index in [0.29, 0.717) is 13.1 Å². The van der Waals surface area contributed by atoms with E-state index in [-0.39, 0.29) is 41.4 Å². The summed E-state index contributed by atoms with van der Waals surface area (Å²) in [5.41, 5.74) is 0. The van der Waals surface area contributed by atoms with Gasteiger partial charge in [-0.25, -0.2) is 0 Å². The summed E-state index contributed by atoms with van der Waals surface area (Å²) < 4.78 is 0. The topological polar surface area (TPSA) is 57.7 Å². The zero-order valence-corrected chi connectivity index (χ0v) is 14.9. The third-order valence-corrected chi connectivity index (χ3v) is 5.84. The molecule has 3 amide bonds. The summed E-state index contributed by atoms with van der Waals surface area (Å²) in [7, 11) is 0. The maximum atomic E-state index is 12.9. The molecule has 1 saturated carbocycles. The monoisotopic (exact) mass is 332 g/mol. The third-order valence-electron chi connectivity index (χ3n) is 5.84. The zero-order chi connectivity index (χ0) is 17.4. The Hall–Kier alpha value is -1.65. The molecule has 5 atom stereocenters. The van der Waals surface area contributed by atoms with Crippen molar-refractivity contribution in [2.75, 3.05) is 13.1 Å². The highest BCUT2D eigenvalue weighted by Gasteiger charge is 2.58. The van der Waals surface area contributed by atoms with Gasteiger partial charge in [0.25, 0.3) is 0 Å². The molecule has 5 nitrogen and oxygen atoms in total. The Morgan fingerprint density at radius 3 is 1.92 bits per heavy atom. The Labute approximate surface area is 144 Å². The maximum absolute atomic E-state index is 12.9. The SMILES string of the molecule is CCCN(CCC)C(=O)[C@@H](C)N1C(=O)[C@@H]2[C@H](C1=O)[C@H]1C=C[C@H]2CC1. The summed E-state index contributed by atoms with van der Waals surface area (Å²) in [6.07, 6.45) is 7.93. The Balaban J connectivity index is 1.80. The van der Waals surface area contributed by atoms with E-state index in [1.165, 1.54) is 4.90 Å². The first-order chi connectivity index (χ1) is 11.5. The van der Waals surface area contributed by atoms with Crippen molar-refractivity contribution >= 4 is 17.7 Å². The summed E-state index contributed by atoms with van der Waals surface area (Å²) in [6, 6.07) is -0.687. The van der Waals surface area contributed by atoms with Gasteiger partial charge in [-0.3, -0.25) is 19.3 Å². The smallest absolute Gasteiger partial charge is 0.245 e. The second kappa shape index (κ2) is 6.69. The highest BCUT2D eigenvalue weighted by Crippen LogP contribution is 2.49. The molecule has 1 saturated heterocycles. The third kappa shape index (κ3) is 2.58. The molecule has 4 aliphatic rings. The van der Waals surface area contributed by atoms with Gasteiger partial charge in [-0.15, -0.1) is 0 Å². The number of rotatable bonds is 6. The van der Waals surface area contributed by atoms with Gasteiger partial charge in [0.1, 0.15) is 6.04 Å². The van der Waals surface area contributed by atoms with Gasteiger partial charge in [0, 0.05) is 13.1 Å². The fraction of sp³-hybridized carbons (Fsp3) is 0.737. The van der Waals surface area contributed by atoms with Crippen LogP contribution in [0.1, 0.15) is 46.5 Å². The molecular weight excluding hydrogens is 304 g/mol. The van der Waals surface area contributed by atoms with E-state index in [1.54, 1.807) is 11.8 Å². The van der Waals surface area contributed by atoms with E-state index in [0.717, 1.165) is 25.7 Å². The Morgan fingerprint density at radius 2 is 1.54 bits per heavy atom. The van der Waals surface area contributed by atoms with Crippen molar-refractivity contribution in [3.8, 4) is 0 Å². The first-order valence-corrected chi connectivity index (χ1v) is 9.35. The number of allylic oxidation sites excluding steroid dienone is 2. The van der Waals surface area contributed by atoms with Crippen molar-refractivity contribution in [1.82, 2.24) is 9.80 Å². The zero-order valence-electron chi connectivity index (χ0n) is 14.9. The molecule has 0 aromatic rings. The molecule has 0 aromatic heterocycles. The number of carbonyl (C=O) groups excluding carboxylic acids is 3. The van der Waals surface area contributed by atoms with Crippen LogP contribution in [0.3, 0.4) is 0 Å². The van der Waals surface area contributed by atoms with E-state index in [4.69, 9.17) is 0 Å². The minimum Gasteiger partial charge on any atom is -0.341 e. The van der Waals surface area contributed by atoms with E-state index < -0.39 is 6.04 Å². The average molecular weight is 332 g/mol. The molecule has 4 rings (SSSR count). The fourth-order valence-electron chi connectivity index (χ4n) is 4.73. The van der Waals surface area contributed by atoms with Crippen LogP contribution in [0.25, 0.3) is 0 Å². The van der Waals surface area contributed by atoms with Crippen molar-refractivity contribution in [1.29, 1.82) is 0 Å². The van der Waals surface area contributed by atoms with E-state index >= 15 is 0 Å². The van der Waals surface area contributed by atoms with Gasteiger partial charge in [-0.2, -0.15) is 0 Å². The van der Waals surface area contributed by atoms with Crippen molar-refractivity contribution in [2.24, 2.45) is 23.7 Å². The van der Waals surface area contributed by atoms with Crippen molar-refractivity contribution < 1.29 is 14.4 Å². The molecule has 24 heavy (non-hydrogen) atoms. The Bertz CT molecular complexity index is 533. The largest absolute Gasteiger partial charge is 0.341 e. The molecule has 132 valence electrons. The lowest BCUT2D eigenvalue weighted by Crippen LogP contribution is -2.50. The molecule has 0 radical (unpaired) electrons. The van der Waals surface area contributed by atoms with Gasteiger partial charge in [-0.1, -0.05) is 26.0 Å². The van der Waals surface area contributed by atoms with Gasteiger partial charge < -0.3 is 4.90 Å². The molecule has 1 aliphatic heterocycles. The summed E-state index contributed by atoms with van der Waals surface area (Å²) in [4.78, 5) is 41.8. The van der Waals surface area contributed by atoms with Crippen molar-refractivity contribution in [3.05, 3.63) is 12.2 Å². The normalized spacial score (nSPS) is 32.2. The summed E-state index contributed by atoms with van der Waals surface area (Å²) >= 11 is 0. The number of hydrogen-bond donors (Lipinski definition) is 0. The number of imide groups is 1. The van der Waals surface area contributed by atoms with Crippen LogP contribution in [0.4, 0.5) is 0 Å². The van der Waals surface area contributed by atoms with Crippen LogP contribution in [0, 0.1) is 23.7 Å². The van der Waals surface area contributed by atoms with Crippen LogP contribution in [0.2, 0.25) is 0 Å². The van der Waals surface area contributed by atoms with Crippen LogP contribution < -0.4 is 0 Å². The summed E-state index contributed by atoms with van der Waals surface area (Å²) in [5.74, 6) is -0.475. The van der Waals surface area contributed by atoms with Gasteiger partial charge >= 0.3 is 0 Å². The minimum absolute atomic E-state index is 0.0978. The molecule has 1 heterocycles. The summed E-state index contributed by atoms with van der Waals surface area (Å²) in [5, 5.41) is 0. The van der Waals surface area contributed by atoms with Crippen molar-refractivity contribution in [2.45, 2.75) is 52.5 Å². The fourth-order valence-corrected chi connectivity index (χ4v) is 4.73. The number of fused-ring (bicyclic) bond motifs is 1. The number of nitrogens with zero attached hydrogens (tertiary/aromatic N) is 2. The second-order valence-electron chi connectivity index (χ2n) is 7.39. The molecule has 0 spiro atoms. The van der Waals surface area contributed by atoms with E-state index in [9.17, 15) is 14.4 Å². The Morgan fingerprint density at radius 1 is 1.08 bits per heavy atom. The molecule has 5 heteroatoms. The van der Waals surface area contributed by atoms with Gasteiger partial charge in [-0.05, 0) is 44.4 Å². The maximum Gasteiger partial charge on any atom is 0.245 e. The van der Waals surface area contributed by atoms with Crippen molar-refractivity contribution in [3.63, 3.8) is 0 Å².